The fourth-order valence-corrected chi connectivity index (χ4v) is 3.70. The maximum absolute atomic E-state index is 4.44. The first kappa shape index (κ1) is 13.1. The standard InChI is InChI=1S/C15H26N4/c1-11-6-4-7-12(2)19(11)17-14-8-5-9-15-13(14)10-16-18(15)3/h10-12,14,17H,4-9H2,1-3H3. The first-order chi connectivity index (χ1) is 9.16. The van der Waals surface area contributed by atoms with E-state index >= 15 is 0 Å². The van der Waals surface area contributed by atoms with Crippen LogP contribution in [0.5, 0.6) is 0 Å². The first-order valence-electron chi connectivity index (χ1n) is 7.72. The number of nitrogens with zero attached hydrogens (tertiary/aromatic N) is 3. The van der Waals surface area contributed by atoms with Crippen LogP contribution in [0.1, 0.15) is 63.3 Å². The molecule has 4 heteroatoms. The summed E-state index contributed by atoms with van der Waals surface area (Å²) in [5.41, 5.74) is 6.64. The van der Waals surface area contributed by atoms with Crippen molar-refractivity contribution >= 4 is 0 Å². The van der Waals surface area contributed by atoms with Crippen LogP contribution >= 0.6 is 0 Å². The molecule has 2 aliphatic rings. The van der Waals surface area contributed by atoms with Crippen LogP contribution in [0.3, 0.4) is 0 Å². The van der Waals surface area contributed by atoms with E-state index < -0.39 is 0 Å². The second kappa shape index (κ2) is 5.25. The molecule has 1 saturated heterocycles. The molecule has 106 valence electrons. The number of hydrogen-bond acceptors (Lipinski definition) is 3. The summed E-state index contributed by atoms with van der Waals surface area (Å²) in [6.07, 6.45) is 9.72. The van der Waals surface area contributed by atoms with Gasteiger partial charge in [0.15, 0.2) is 0 Å². The molecule has 0 spiro atoms. The average Bonchev–Trinajstić information content (AvgIpc) is 2.77. The minimum Gasteiger partial charge on any atom is -0.272 e. The highest BCUT2D eigenvalue weighted by atomic mass is 15.5. The summed E-state index contributed by atoms with van der Waals surface area (Å²) in [5, 5.41) is 6.93. The van der Waals surface area contributed by atoms with Gasteiger partial charge < -0.3 is 0 Å². The first-order valence-corrected chi connectivity index (χ1v) is 7.72. The molecule has 1 aliphatic heterocycles. The number of aromatic nitrogens is 2. The third-order valence-corrected chi connectivity index (χ3v) is 4.87. The quantitative estimate of drug-likeness (QED) is 0.889. The van der Waals surface area contributed by atoms with Gasteiger partial charge in [-0.1, -0.05) is 6.42 Å². The second-order valence-electron chi connectivity index (χ2n) is 6.28. The molecule has 1 fully saturated rings. The van der Waals surface area contributed by atoms with E-state index in [0.717, 1.165) is 0 Å². The van der Waals surface area contributed by atoms with E-state index in [1.165, 1.54) is 49.8 Å². The van der Waals surface area contributed by atoms with E-state index in [1.807, 2.05) is 4.68 Å². The molecule has 0 bridgehead atoms. The fraction of sp³-hybridized carbons (Fsp3) is 0.800. The van der Waals surface area contributed by atoms with Gasteiger partial charge in [0.1, 0.15) is 0 Å². The molecule has 1 aliphatic carbocycles. The van der Waals surface area contributed by atoms with Crippen LogP contribution < -0.4 is 5.43 Å². The summed E-state index contributed by atoms with van der Waals surface area (Å²) in [6, 6.07) is 1.75. The Hall–Kier alpha value is -0.870. The summed E-state index contributed by atoms with van der Waals surface area (Å²) in [5.74, 6) is 0. The minimum atomic E-state index is 0.459. The molecule has 2 heterocycles. The molecule has 0 radical (unpaired) electrons. The smallest absolute Gasteiger partial charge is 0.0540 e. The topological polar surface area (TPSA) is 33.1 Å². The van der Waals surface area contributed by atoms with Gasteiger partial charge in [-0.25, -0.2) is 10.4 Å². The van der Waals surface area contributed by atoms with Gasteiger partial charge in [-0.2, -0.15) is 5.10 Å². The van der Waals surface area contributed by atoms with Gasteiger partial charge in [-0.15, -0.1) is 0 Å². The van der Waals surface area contributed by atoms with E-state index in [1.54, 1.807) is 0 Å². The van der Waals surface area contributed by atoms with Crippen molar-refractivity contribution in [2.24, 2.45) is 7.05 Å². The molecule has 1 aromatic heterocycles. The summed E-state index contributed by atoms with van der Waals surface area (Å²) >= 11 is 0. The van der Waals surface area contributed by atoms with E-state index in [2.05, 4.69) is 42.6 Å². The Balaban J connectivity index is 1.76. The Morgan fingerprint density at radius 3 is 2.63 bits per heavy atom. The Bertz CT molecular complexity index is 429. The zero-order valence-corrected chi connectivity index (χ0v) is 12.4. The van der Waals surface area contributed by atoms with Crippen molar-refractivity contribution in [3.05, 3.63) is 17.5 Å². The van der Waals surface area contributed by atoms with Crippen LogP contribution in [0, 0.1) is 0 Å². The zero-order valence-electron chi connectivity index (χ0n) is 12.4. The van der Waals surface area contributed by atoms with E-state index in [9.17, 15) is 0 Å². The molecule has 4 nitrogen and oxygen atoms in total. The largest absolute Gasteiger partial charge is 0.272 e. The minimum absolute atomic E-state index is 0.459. The van der Waals surface area contributed by atoms with Crippen molar-refractivity contribution in [3.8, 4) is 0 Å². The Morgan fingerprint density at radius 1 is 1.16 bits per heavy atom. The fourth-order valence-electron chi connectivity index (χ4n) is 3.70. The van der Waals surface area contributed by atoms with Crippen LogP contribution in [-0.2, 0) is 13.5 Å². The van der Waals surface area contributed by atoms with Crippen molar-refractivity contribution in [2.75, 3.05) is 0 Å². The lowest BCUT2D eigenvalue weighted by Gasteiger charge is -2.42. The van der Waals surface area contributed by atoms with E-state index in [-0.39, 0.29) is 0 Å². The van der Waals surface area contributed by atoms with Gasteiger partial charge in [0.25, 0.3) is 0 Å². The summed E-state index contributed by atoms with van der Waals surface area (Å²) in [6.45, 7) is 4.69. The number of hydrogen-bond donors (Lipinski definition) is 1. The van der Waals surface area contributed by atoms with Crippen molar-refractivity contribution < 1.29 is 0 Å². The molecule has 0 amide bonds. The van der Waals surface area contributed by atoms with E-state index in [4.69, 9.17) is 0 Å². The lowest BCUT2D eigenvalue weighted by molar-refractivity contribution is 0.0260. The number of piperidine rings is 1. The molecule has 3 rings (SSSR count). The maximum atomic E-state index is 4.44. The Morgan fingerprint density at radius 2 is 1.89 bits per heavy atom. The van der Waals surface area contributed by atoms with Crippen LogP contribution in [-0.4, -0.2) is 26.9 Å². The highest BCUT2D eigenvalue weighted by molar-refractivity contribution is 5.24. The number of fused-ring (bicyclic) bond motifs is 1. The zero-order chi connectivity index (χ0) is 13.4. The summed E-state index contributed by atoms with van der Waals surface area (Å²) in [4.78, 5) is 0. The molecule has 3 unspecified atom stereocenters. The van der Waals surface area contributed by atoms with Crippen LogP contribution in [0.2, 0.25) is 0 Å². The number of rotatable bonds is 2. The molecule has 3 atom stereocenters. The van der Waals surface area contributed by atoms with Crippen molar-refractivity contribution in [3.63, 3.8) is 0 Å². The van der Waals surface area contributed by atoms with E-state index in [0.29, 0.717) is 18.1 Å². The van der Waals surface area contributed by atoms with Gasteiger partial charge in [0.2, 0.25) is 0 Å². The molecular weight excluding hydrogens is 236 g/mol. The Kier molecular flexibility index (Phi) is 3.63. The predicted molar refractivity (Wildman–Crippen MR) is 76.6 cm³/mol. The second-order valence-corrected chi connectivity index (χ2v) is 6.28. The van der Waals surface area contributed by atoms with Gasteiger partial charge in [-0.05, 0) is 46.0 Å². The predicted octanol–water partition coefficient (Wildman–Crippen LogP) is 2.57. The van der Waals surface area contributed by atoms with Crippen molar-refractivity contribution in [1.82, 2.24) is 20.2 Å². The average molecular weight is 262 g/mol. The van der Waals surface area contributed by atoms with Crippen LogP contribution in [0.25, 0.3) is 0 Å². The molecule has 19 heavy (non-hydrogen) atoms. The number of aryl methyl sites for hydroxylation is 1. The van der Waals surface area contributed by atoms with Gasteiger partial charge in [0.05, 0.1) is 6.20 Å². The van der Waals surface area contributed by atoms with Crippen LogP contribution in [0.4, 0.5) is 0 Å². The number of nitrogens with one attached hydrogen (secondary N) is 1. The maximum Gasteiger partial charge on any atom is 0.0540 e. The number of hydrazine groups is 1. The lowest BCUT2D eigenvalue weighted by atomic mass is 9.93. The Labute approximate surface area is 116 Å². The monoisotopic (exact) mass is 262 g/mol. The third-order valence-electron chi connectivity index (χ3n) is 4.87. The van der Waals surface area contributed by atoms with Gasteiger partial charge in [0, 0.05) is 36.4 Å². The van der Waals surface area contributed by atoms with Gasteiger partial charge in [-0.3, -0.25) is 4.68 Å². The molecule has 0 aromatic carbocycles. The molecule has 1 aromatic rings. The van der Waals surface area contributed by atoms with Gasteiger partial charge >= 0.3 is 0 Å². The summed E-state index contributed by atoms with van der Waals surface area (Å²) < 4.78 is 2.05. The van der Waals surface area contributed by atoms with Crippen LogP contribution in [0.15, 0.2) is 6.20 Å². The van der Waals surface area contributed by atoms with Crippen molar-refractivity contribution in [1.29, 1.82) is 0 Å². The molecular formula is C15H26N4. The van der Waals surface area contributed by atoms with Crippen molar-refractivity contribution in [2.45, 2.75) is 70.5 Å². The lowest BCUT2D eigenvalue weighted by Crippen LogP contribution is -2.53. The molecule has 0 saturated carbocycles. The molecule has 1 N–H and O–H groups in total. The third kappa shape index (κ3) is 2.43. The SMILES string of the molecule is CC1CCCC(C)N1NC1CCCc2c1cnn2C. The highest BCUT2D eigenvalue weighted by Crippen LogP contribution is 2.31. The summed E-state index contributed by atoms with van der Waals surface area (Å²) in [7, 11) is 2.06. The highest BCUT2D eigenvalue weighted by Gasteiger charge is 2.30. The normalized spacial score (nSPS) is 32.3.